The van der Waals surface area contributed by atoms with E-state index < -0.39 is 0 Å². The van der Waals surface area contributed by atoms with Crippen LogP contribution in [0.4, 0.5) is 0 Å². The fraction of sp³-hybridized carbons (Fsp3) is 0.333. The van der Waals surface area contributed by atoms with Crippen molar-refractivity contribution in [2.45, 2.75) is 38.8 Å². The highest BCUT2D eigenvalue weighted by Gasteiger charge is 2.10. The van der Waals surface area contributed by atoms with Crippen molar-refractivity contribution in [3.8, 4) is 5.69 Å². The number of nitrogens with zero attached hydrogens (tertiary/aromatic N) is 3. The molecule has 1 fully saturated rings. The molecule has 0 atom stereocenters. The van der Waals surface area contributed by atoms with E-state index in [0.29, 0.717) is 12.1 Å². The van der Waals surface area contributed by atoms with Crippen molar-refractivity contribution in [1.82, 2.24) is 20.0 Å². The van der Waals surface area contributed by atoms with Gasteiger partial charge in [-0.2, -0.15) is 5.10 Å². The molecule has 2 aromatic carbocycles. The zero-order chi connectivity index (χ0) is 19.9. The molecule has 150 valence electrons. The summed E-state index contributed by atoms with van der Waals surface area (Å²) in [6.07, 6.45) is 8.93. The van der Waals surface area contributed by atoms with E-state index in [0.717, 1.165) is 17.8 Å². The molecule has 29 heavy (non-hydrogen) atoms. The van der Waals surface area contributed by atoms with Crippen LogP contribution in [0.25, 0.3) is 5.69 Å². The molecule has 1 aromatic heterocycles. The zero-order valence-electron chi connectivity index (χ0n) is 16.8. The van der Waals surface area contributed by atoms with Crippen LogP contribution in [0.1, 0.15) is 47.2 Å². The first-order valence-electron chi connectivity index (χ1n) is 10.5. The Morgan fingerprint density at radius 2 is 1.69 bits per heavy atom. The number of aromatic nitrogens is 2. The number of rotatable bonds is 6. The van der Waals surface area contributed by atoms with Crippen molar-refractivity contribution in [3.05, 3.63) is 83.7 Å². The highest BCUT2D eigenvalue weighted by Crippen LogP contribution is 2.15. The number of hydrogen-bond acceptors (Lipinski definition) is 3. The number of hydrogen-bond donors (Lipinski definition) is 1. The van der Waals surface area contributed by atoms with Crippen molar-refractivity contribution >= 4 is 5.91 Å². The Kier molecular flexibility index (Phi) is 6.37. The smallest absolute Gasteiger partial charge is 0.251 e. The van der Waals surface area contributed by atoms with Gasteiger partial charge < -0.3 is 5.32 Å². The van der Waals surface area contributed by atoms with Crippen molar-refractivity contribution in [3.63, 3.8) is 0 Å². The van der Waals surface area contributed by atoms with Gasteiger partial charge in [0.25, 0.3) is 5.91 Å². The van der Waals surface area contributed by atoms with Gasteiger partial charge in [0.2, 0.25) is 0 Å². The SMILES string of the molecule is O=C(NCc1cccc(CN2CCCCCC2)c1)c1ccc(-n2cccn2)cc1. The highest BCUT2D eigenvalue weighted by atomic mass is 16.1. The van der Waals surface area contributed by atoms with Crippen molar-refractivity contribution in [2.75, 3.05) is 13.1 Å². The molecule has 3 aromatic rings. The van der Waals surface area contributed by atoms with Crippen molar-refractivity contribution in [2.24, 2.45) is 0 Å². The summed E-state index contributed by atoms with van der Waals surface area (Å²) in [6, 6.07) is 17.9. The third-order valence-corrected chi connectivity index (χ3v) is 5.45. The lowest BCUT2D eigenvalue weighted by molar-refractivity contribution is 0.0951. The molecule has 1 aliphatic rings. The number of nitrogens with one attached hydrogen (secondary N) is 1. The molecule has 5 nitrogen and oxygen atoms in total. The monoisotopic (exact) mass is 388 g/mol. The van der Waals surface area contributed by atoms with Gasteiger partial charge in [-0.1, -0.05) is 37.1 Å². The fourth-order valence-corrected chi connectivity index (χ4v) is 3.86. The fourth-order valence-electron chi connectivity index (χ4n) is 3.86. The van der Waals surface area contributed by atoms with Gasteiger partial charge in [-0.05, 0) is 67.4 Å². The molecule has 1 N–H and O–H groups in total. The van der Waals surface area contributed by atoms with E-state index in [1.165, 1.54) is 44.3 Å². The number of carbonyl (C=O) groups is 1. The molecular formula is C24H28N4O. The molecule has 0 saturated carbocycles. The van der Waals surface area contributed by atoms with Crippen LogP contribution in [-0.2, 0) is 13.1 Å². The molecule has 1 saturated heterocycles. The quantitative estimate of drug-likeness (QED) is 0.689. The number of carbonyl (C=O) groups excluding carboxylic acids is 1. The summed E-state index contributed by atoms with van der Waals surface area (Å²) in [5, 5.41) is 7.24. The summed E-state index contributed by atoms with van der Waals surface area (Å²) in [6.45, 7) is 3.91. The number of benzene rings is 2. The van der Waals surface area contributed by atoms with E-state index in [-0.39, 0.29) is 5.91 Å². The summed E-state index contributed by atoms with van der Waals surface area (Å²) in [4.78, 5) is 15.1. The summed E-state index contributed by atoms with van der Waals surface area (Å²) in [7, 11) is 0. The molecule has 0 radical (unpaired) electrons. The highest BCUT2D eigenvalue weighted by molar-refractivity contribution is 5.94. The first kappa shape index (κ1) is 19.4. The van der Waals surface area contributed by atoms with Crippen LogP contribution in [0.5, 0.6) is 0 Å². The second kappa shape index (κ2) is 9.52. The Morgan fingerprint density at radius 3 is 2.41 bits per heavy atom. The predicted molar refractivity (Wildman–Crippen MR) is 115 cm³/mol. The van der Waals surface area contributed by atoms with Crippen LogP contribution < -0.4 is 5.32 Å². The van der Waals surface area contributed by atoms with Crippen LogP contribution >= 0.6 is 0 Å². The van der Waals surface area contributed by atoms with E-state index in [4.69, 9.17) is 0 Å². The predicted octanol–water partition coefficient (Wildman–Crippen LogP) is 4.18. The van der Waals surface area contributed by atoms with Gasteiger partial charge in [-0.25, -0.2) is 4.68 Å². The molecule has 0 bridgehead atoms. The number of amides is 1. The standard InChI is InChI=1S/C24H28N4O/c29-24(22-9-11-23(12-10-22)28-16-6-13-26-28)25-18-20-7-5-8-21(17-20)19-27-14-3-1-2-4-15-27/h5-13,16-17H,1-4,14-15,18-19H2,(H,25,29). The summed E-state index contributed by atoms with van der Waals surface area (Å²) >= 11 is 0. The molecule has 1 amide bonds. The summed E-state index contributed by atoms with van der Waals surface area (Å²) < 4.78 is 1.78. The minimum atomic E-state index is -0.0602. The third kappa shape index (κ3) is 5.33. The van der Waals surface area contributed by atoms with Crippen LogP contribution in [0, 0.1) is 0 Å². The van der Waals surface area contributed by atoms with Gasteiger partial charge in [-0.15, -0.1) is 0 Å². The van der Waals surface area contributed by atoms with E-state index >= 15 is 0 Å². The molecule has 1 aliphatic heterocycles. The zero-order valence-corrected chi connectivity index (χ0v) is 16.8. The first-order chi connectivity index (χ1) is 14.3. The van der Waals surface area contributed by atoms with Gasteiger partial charge in [-0.3, -0.25) is 9.69 Å². The van der Waals surface area contributed by atoms with Crippen LogP contribution in [-0.4, -0.2) is 33.7 Å². The summed E-state index contributed by atoms with van der Waals surface area (Å²) in [5.74, 6) is -0.0602. The Bertz CT molecular complexity index is 910. The molecule has 0 unspecified atom stereocenters. The average molecular weight is 389 g/mol. The van der Waals surface area contributed by atoms with E-state index in [2.05, 4.69) is 39.6 Å². The molecule has 2 heterocycles. The van der Waals surface area contributed by atoms with Gasteiger partial charge in [0.05, 0.1) is 5.69 Å². The third-order valence-electron chi connectivity index (χ3n) is 5.45. The summed E-state index contributed by atoms with van der Waals surface area (Å²) in [5.41, 5.74) is 4.05. The largest absolute Gasteiger partial charge is 0.348 e. The molecule has 0 aliphatic carbocycles. The molecule has 4 rings (SSSR count). The topological polar surface area (TPSA) is 50.2 Å². The minimum Gasteiger partial charge on any atom is -0.348 e. The van der Waals surface area contributed by atoms with Gasteiger partial charge in [0.1, 0.15) is 0 Å². The maximum absolute atomic E-state index is 12.5. The van der Waals surface area contributed by atoms with Crippen LogP contribution in [0.2, 0.25) is 0 Å². The van der Waals surface area contributed by atoms with Gasteiger partial charge in [0.15, 0.2) is 0 Å². The Labute approximate surface area is 172 Å². The van der Waals surface area contributed by atoms with Gasteiger partial charge in [0, 0.05) is 31.0 Å². The lowest BCUT2D eigenvalue weighted by Gasteiger charge is -2.20. The Hall–Kier alpha value is -2.92. The van der Waals surface area contributed by atoms with Crippen molar-refractivity contribution < 1.29 is 4.79 Å². The maximum Gasteiger partial charge on any atom is 0.251 e. The Morgan fingerprint density at radius 1 is 0.931 bits per heavy atom. The van der Waals surface area contributed by atoms with E-state index in [1.807, 2.05) is 36.5 Å². The molecule has 5 heteroatoms. The maximum atomic E-state index is 12.5. The van der Waals surface area contributed by atoms with Gasteiger partial charge >= 0.3 is 0 Å². The van der Waals surface area contributed by atoms with Crippen LogP contribution in [0.3, 0.4) is 0 Å². The molecular weight excluding hydrogens is 360 g/mol. The first-order valence-corrected chi connectivity index (χ1v) is 10.5. The molecule has 0 spiro atoms. The lowest BCUT2D eigenvalue weighted by Crippen LogP contribution is -2.24. The number of likely N-dealkylation sites (tertiary alicyclic amines) is 1. The minimum absolute atomic E-state index is 0.0602. The average Bonchev–Trinajstić information content (AvgIpc) is 3.18. The van der Waals surface area contributed by atoms with E-state index in [1.54, 1.807) is 10.9 Å². The van der Waals surface area contributed by atoms with Crippen LogP contribution in [0.15, 0.2) is 67.0 Å². The second-order valence-corrected chi connectivity index (χ2v) is 7.69. The lowest BCUT2D eigenvalue weighted by atomic mass is 10.1. The van der Waals surface area contributed by atoms with E-state index in [9.17, 15) is 4.79 Å². The van der Waals surface area contributed by atoms with Crippen molar-refractivity contribution in [1.29, 1.82) is 0 Å². The Balaban J connectivity index is 1.33. The second-order valence-electron chi connectivity index (χ2n) is 7.69. The normalized spacial score (nSPS) is 15.0.